The van der Waals surface area contributed by atoms with Crippen molar-refractivity contribution in [1.29, 1.82) is 0 Å². The van der Waals surface area contributed by atoms with Gasteiger partial charge < -0.3 is 37.6 Å². The highest BCUT2D eigenvalue weighted by atomic mass is 32.2. The highest BCUT2D eigenvalue weighted by Crippen LogP contribution is 2.45. The third kappa shape index (κ3) is 7.80. The first kappa shape index (κ1) is 34.3. The van der Waals surface area contributed by atoms with Gasteiger partial charge in [-0.3, -0.25) is 14.5 Å². The zero-order valence-corrected chi connectivity index (χ0v) is 26.8. The molecule has 1 unspecified atom stereocenters. The fraction of sp³-hybridized carbons (Fsp3) is 0.429. The van der Waals surface area contributed by atoms with Crippen molar-refractivity contribution in [1.82, 2.24) is 14.9 Å². The molecule has 2 aliphatic heterocycles. The summed E-state index contributed by atoms with van der Waals surface area (Å²) in [5.74, 6) is -3.92. The van der Waals surface area contributed by atoms with Crippen molar-refractivity contribution < 1.29 is 38.8 Å². The molecule has 46 heavy (non-hydrogen) atoms. The molecular weight excluding hydrogens is 638 g/mol. The molecule has 2 aliphatic rings. The van der Waals surface area contributed by atoms with Gasteiger partial charge in [0, 0.05) is 24.1 Å². The molecule has 0 radical (unpaired) electrons. The molecule has 2 aromatic rings. The maximum absolute atomic E-state index is 13.4. The second-order valence-electron chi connectivity index (χ2n) is 10.9. The van der Waals surface area contributed by atoms with Crippen LogP contribution in [-0.2, 0) is 30.6 Å². The lowest BCUT2D eigenvalue weighted by molar-refractivity contribution is -0.689. The molecule has 0 bridgehead atoms. The number of oxime groups is 1. The van der Waals surface area contributed by atoms with Gasteiger partial charge in [-0.1, -0.05) is 11.2 Å². The third-order valence-corrected chi connectivity index (χ3v) is 9.15. The molecule has 1 fully saturated rings. The zero-order valence-electron chi connectivity index (χ0n) is 25.2. The van der Waals surface area contributed by atoms with Crippen LogP contribution in [0.5, 0.6) is 0 Å². The van der Waals surface area contributed by atoms with Crippen molar-refractivity contribution in [2.75, 3.05) is 35.6 Å². The summed E-state index contributed by atoms with van der Waals surface area (Å²) < 4.78 is 1.78. The number of nitrogen functional groups attached to an aromatic ring is 2. The van der Waals surface area contributed by atoms with E-state index in [9.17, 15) is 29.4 Å². The van der Waals surface area contributed by atoms with E-state index in [2.05, 4.69) is 20.4 Å². The van der Waals surface area contributed by atoms with Crippen molar-refractivity contribution in [2.24, 2.45) is 16.8 Å². The first-order valence-corrected chi connectivity index (χ1v) is 16.2. The molecule has 2 atom stereocenters. The normalized spacial score (nSPS) is 18.4. The first-order valence-electron chi connectivity index (χ1n) is 14.2. The van der Waals surface area contributed by atoms with Gasteiger partial charge in [-0.15, -0.1) is 23.1 Å². The Morgan fingerprint density at radius 1 is 1.28 bits per heavy atom. The Hall–Kier alpha value is -4.55. The average Bonchev–Trinajstić information content (AvgIpc) is 3.44. The molecule has 4 rings (SSSR count). The number of unbranched alkanes of at least 4 members (excludes halogenated alkanes) is 1. The Kier molecular flexibility index (Phi) is 11.0. The van der Waals surface area contributed by atoms with Crippen LogP contribution in [0.4, 0.5) is 16.6 Å². The monoisotopic (exact) mass is 674 g/mol. The number of hydrogen-bond donors (Lipinski definition) is 6. The summed E-state index contributed by atoms with van der Waals surface area (Å²) in [4.78, 5) is 65.0. The number of thioether (sulfide) groups is 1. The Morgan fingerprint density at radius 2 is 2.04 bits per heavy atom. The van der Waals surface area contributed by atoms with Gasteiger partial charge in [-0.05, 0) is 49.9 Å². The van der Waals surface area contributed by atoms with Gasteiger partial charge in [0.2, 0.25) is 11.5 Å². The van der Waals surface area contributed by atoms with Gasteiger partial charge in [0.25, 0.3) is 12.1 Å². The Bertz CT molecular complexity index is 1600. The molecule has 0 aromatic carbocycles. The maximum Gasteiger partial charge on any atom is 0.352 e. The lowest BCUT2D eigenvalue weighted by atomic mass is 9.89. The number of amides is 1. The van der Waals surface area contributed by atoms with Crippen molar-refractivity contribution >= 4 is 69.1 Å². The van der Waals surface area contributed by atoms with E-state index in [4.69, 9.17) is 22.0 Å². The number of fused-ring (bicyclic) bond motifs is 1. The minimum absolute atomic E-state index is 0.0795. The van der Waals surface area contributed by atoms with Crippen LogP contribution in [0.1, 0.15) is 38.8 Å². The van der Waals surface area contributed by atoms with Crippen LogP contribution in [0.2, 0.25) is 0 Å². The van der Waals surface area contributed by atoms with Crippen molar-refractivity contribution in [3.63, 3.8) is 0 Å². The van der Waals surface area contributed by atoms with Crippen LogP contribution >= 0.6 is 23.1 Å². The minimum atomic E-state index is -1.74. The fourth-order valence-electron chi connectivity index (χ4n) is 4.55. The number of aromatic nitrogens is 3. The van der Waals surface area contributed by atoms with E-state index < -0.39 is 40.5 Å². The number of nitrogens with one attached hydrogen (secondary N) is 1. The summed E-state index contributed by atoms with van der Waals surface area (Å²) in [7, 11) is 0. The van der Waals surface area contributed by atoms with Crippen molar-refractivity contribution in [3.05, 3.63) is 47.0 Å². The van der Waals surface area contributed by atoms with Crippen molar-refractivity contribution in [3.8, 4) is 0 Å². The topological polar surface area (TPSA) is 253 Å². The summed E-state index contributed by atoms with van der Waals surface area (Å²) in [6.07, 6.45) is 8.24. The number of β-lactam (4-membered cyclic amide) rings is 1. The number of Topliss-reactive ketones (excluding diaryl/α,β-unsaturated/α-hetero) is 1. The quantitative estimate of drug-likeness (QED) is 0.0474. The largest absolute Gasteiger partial charge is 0.478 e. The van der Waals surface area contributed by atoms with Gasteiger partial charge in [-0.25, -0.2) is 19.1 Å². The molecule has 0 saturated carbocycles. The van der Waals surface area contributed by atoms with Crippen LogP contribution in [0.15, 0.2) is 46.5 Å². The smallest absolute Gasteiger partial charge is 0.352 e. The number of carbonyl (C=O) groups excluding carboxylic acids is 2. The number of carboxylic acid groups (broad SMARTS) is 2. The molecule has 1 saturated heterocycles. The van der Waals surface area contributed by atoms with Gasteiger partial charge in [0.15, 0.2) is 16.6 Å². The zero-order chi connectivity index (χ0) is 33.6. The molecular formula is C28H36N9O7S2+. The van der Waals surface area contributed by atoms with E-state index in [0.717, 1.165) is 24.2 Å². The summed E-state index contributed by atoms with van der Waals surface area (Å²) in [6.45, 7) is 4.19. The highest BCUT2D eigenvalue weighted by Gasteiger charge is 2.54. The molecule has 16 nitrogen and oxygen atoms in total. The Morgan fingerprint density at radius 3 is 2.70 bits per heavy atom. The summed E-state index contributed by atoms with van der Waals surface area (Å²) in [5, 5.41) is 27.5. The second-order valence-corrected chi connectivity index (χ2v) is 12.9. The number of anilines is 3. The van der Waals surface area contributed by atoms with Crippen LogP contribution in [0.25, 0.3) is 0 Å². The predicted molar refractivity (Wildman–Crippen MR) is 171 cm³/mol. The molecule has 0 aliphatic carbocycles. The van der Waals surface area contributed by atoms with Crippen LogP contribution in [0.3, 0.4) is 0 Å². The van der Waals surface area contributed by atoms with E-state index >= 15 is 0 Å². The number of rotatable bonds is 16. The van der Waals surface area contributed by atoms with Gasteiger partial charge in [0.05, 0.1) is 11.3 Å². The number of thiazole rings is 1. The van der Waals surface area contributed by atoms with E-state index in [1.54, 1.807) is 29.2 Å². The number of allylic oxidation sites excluding steroid dienone is 2. The van der Waals surface area contributed by atoms with E-state index in [-0.39, 0.29) is 34.4 Å². The Balaban J connectivity index is 1.47. The lowest BCUT2D eigenvalue weighted by Crippen LogP contribution is -2.62. The number of nitrogens with two attached hydrogens (primary N) is 3. The second kappa shape index (κ2) is 14.7. The van der Waals surface area contributed by atoms with Crippen LogP contribution in [-0.4, -0.2) is 84.2 Å². The first-order chi connectivity index (χ1) is 21.8. The van der Waals surface area contributed by atoms with E-state index in [1.807, 2.05) is 0 Å². The molecule has 0 spiro atoms. The standard InChI is InChI=1S/C28H35N9O7S2/c1-28(2,26(42)43)44-35-20(18-13-46-27(31)34-18)19(38)10-16-23(39)37-21(25(40)41)15(12-45-24(16)37)6-5-9-36-11-17(22(30)33-14-36)32-8-4-3-7-29/h5-6,11,13-14,16,24,30,32H,3-4,7-10,12,29H2,1-2H3,(H4,31,34,40,41,42,43)/p+1/b6-5+,35-20-/t16-,24?/m1/s1. The van der Waals surface area contributed by atoms with Crippen LogP contribution < -0.4 is 27.1 Å². The number of nitrogens with zero attached hydrogens (tertiary/aromatic N) is 5. The van der Waals surface area contributed by atoms with E-state index in [0.29, 0.717) is 36.7 Å². The molecule has 246 valence electrons. The van der Waals surface area contributed by atoms with Gasteiger partial charge >= 0.3 is 11.9 Å². The average molecular weight is 675 g/mol. The van der Waals surface area contributed by atoms with E-state index in [1.165, 1.54) is 35.9 Å². The number of hydrogen-bond acceptors (Lipinski definition) is 14. The third-order valence-electron chi connectivity index (χ3n) is 7.12. The van der Waals surface area contributed by atoms with Crippen molar-refractivity contribution in [2.45, 2.75) is 50.6 Å². The fourth-order valence-corrected chi connectivity index (χ4v) is 6.49. The summed E-state index contributed by atoms with van der Waals surface area (Å²) >= 11 is 2.39. The molecule has 9 N–H and O–H groups in total. The predicted octanol–water partition coefficient (Wildman–Crippen LogP) is 0.810. The van der Waals surface area contributed by atoms with Gasteiger partial charge in [-0.2, -0.15) is 0 Å². The molecule has 4 heterocycles. The SMILES string of the molecule is CC(C)(O/N=C(\C(=O)C[C@@H]1C(=O)N2C(C(=O)O)=C(/C=C/C[n+]3cnc(N)c(NCCCCN)c3)CSC12)c1csc(N)n1)C(=O)O. The summed E-state index contributed by atoms with van der Waals surface area (Å²) in [6, 6.07) is 0. The van der Waals surface area contributed by atoms with Gasteiger partial charge in [0.1, 0.15) is 29.8 Å². The Labute approximate surface area is 272 Å². The molecule has 2 aromatic heterocycles. The highest BCUT2D eigenvalue weighted by molar-refractivity contribution is 8.00. The molecule has 18 heteroatoms. The maximum atomic E-state index is 13.4. The molecule has 1 amide bonds. The number of carboxylic acids is 2. The van der Waals surface area contributed by atoms with Crippen LogP contribution in [0, 0.1) is 5.92 Å². The number of aliphatic carboxylic acids is 2. The summed E-state index contributed by atoms with van der Waals surface area (Å²) in [5.41, 5.74) is 16.3. The lowest BCUT2D eigenvalue weighted by Gasteiger charge is -2.49. The minimum Gasteiger partial charge on any atom is -0.478 e. The number of ketones is 1. The number of carbonyl (C=O) groups is 4.